The van der Waals surface area contributed by atoms with Crippen LogP contribution < -0.4 is 10.6 Å². The number of nitrogens with one attached hydrogen (secondary N) is 2. The Morgan fingerprint density at radius 3 is 2.23 bits per heavy atom. The molecule has 0 spiro atoms. The maximum Gasteiger partial charge on any atom is 0.272 e. The van der Waals surface area contributed by atoms with Crippen LogP contribution in [0.3, 0.4) is 0 Å². The molecule has 3 N–H and O–H groups in total. The Kier molecular flexibility index (Phi) is 4.93. The Bertz CT molecular complexity index is 692. The van der Waals surface area contributed by atoms with Crippen LogP contribution in [0.5, 0.6) is 5.75 Å². The van der Waals surface area contributed by atoms with Crippen LogP contribution in [0, 0.1) is 0 Å². The van der Waals surface area contributed by atoms with Crippen LogP contribution >= 0.6 is 0 Å². The molecule has 112 valence electrons. The first kappa shape index (κ1) is 15.3. The molecule has 0 aliphatic heterocycles. The number of rotatable bonds is 4. The first-order chi connectivity index (χ1) is 10.5. The molecule has 0 fully saturated rings. The van der Waals surface area contributed by atoms with Gasteiger partial charge in [0.1, 0.15) is 11.4 Å². The summed E-state index contributed by atoms with van der Waals surface area (Å²) in [5, 5.41) is 14.4. The van der Waals surface area contributed by atoms with Gasteiger partial charge in [-0.25, -0.2) is 0 Å². The average Bonchev–Trinajstić information content (AvgIpc) is 2.49. The molecule has 0 atom stereocenters. The van der Waals surface area contributed by atoms with E-state index in [9.17, 15) is 14.7 Å². The zero-order valence-corrected chi connectivity index (χ0v) is 12.0. The van der Waals surface area contributed by atoms with Gasteiger partial charge in [0.25, 0.3) is 5.91 Å². The van der Waals surface area contributed by atoms with Gasteiger partial charge in [0.2, 0.25) is 5.91 Å². The van der Waals surface area contributed by atoms with E-state index in [1.807, 2.05) is 30.3 Å². The Labute approximate surface area is 128 Å². The summed E-state index contributed by atoms with van der Waals surface area (Å²) in [5.41, 5.74) is 1.46. The smallest absolute Gasteiger partial charge is 0.272 e. The second-order valence-electron chi connectivity index (χ2n) is 4.65. The third-order valence-electron chi connectivity index (χ3n) is 2.79. The quantitative estimate of drug-likeness (QED) is 0.599. The number of hydrogen-bond donors (Lipinski definition) is 3. The monoisotopic (exact) mass is 296 g/mol. The molecule has 0 aromatic heterocycles. The molecule has 5 nitrogen and oxygen atoms in total. The third kappa shape index (κ3) is 4.49. The van der Waals surface area contributed by atoms with Gasteiger partial charge in [-0.2, -0.15) is 0 Å². The van der Waals surface area contributed by atoms with Crippen LogP contribution in [0.4, 0.5) is 5.69 Å². The van der Waals surface area contributed by atoms with Crippen LogP contribution in [0.15, 0.2) is 60.3 Å². The molecular formula is C17H16N2O3. The lowest BCUT2D eigenvalue weighted by atomic mass is 10.2. The van der Waals surface area contributed by atoms with E-state index in [0.29, 0.717) is 5.69 Å². The van der Waals surface area contributed by atoms with Crippen molar-refractivity contribution in [1.82, 2.24) is 5.32 Å². The second kappa shape index (κ2) is 7.08. The van der Waals surface area contributed by atoms with E-state index in [-0.39, 0.29) is 17.4 Å². The molecule has 0 radical (unpaired) electrons. The van der Waals surface area contributed by atoms with E-state index in [0.717, 1.165) is 5.56 Å². The molecule has 0 bridgehead atoms. The van der Waals surface area contributed by atoms with Gasteiger partial charge in [-0.05, 0) is 35.9 Å². The Hall–Kier alpha value is -3.08. The normalized spacial score (nSPS) is 10.9. The molecule has 0 saturated carbocycles. The summed E-state index contributed by atoms with van der Waals surface area (Å²) in [6.07, 6.45) is 1.59. The van der Waals surface area contributed by atoms with Crippen LogP contribution in [-0.4, -0.2) is 16.9 Å². The molecule has 0 aliphatic carbocycles. The lowest BCUT2D eigenvalue weighted by Gasteiger charge is -2.10. The fourth-order valence-corrected chi connectivity index (χ4v) is 1.81. The maximum atomic E-state index is 12.3. The van der Waals surface area contributed by atoms with E-state index in [1.165, 1.54) is 19.1 Å². The fourth-order valence-electron chi connectivity index (χ4n) is 1.81. The van der Waals surface area contributed by atoms with Crippen molar-refractivity contribution in [2.24, 2.45) is 0 Å². The molecule has 0 heterocycles. The largest absolute Gasteiger partial charge is 0.508 e. The minimum absolute atomic E-state index is 0.111. The fraction of sp³-hybridized carbons (Fsp3) is 0.0588. The molecule has 0 aliphatic rings. The van der Waals surface area contributed by atoms with Crippen molar-refractivity contribution in [3.8, 4) is 5.75 Å². The molecule has 5 heteroatoms. The molecule has 2 rings (SSSR count). The van der Waals surface area contributed by atoms with Gasteiger partial charge in [0.05, 0.1) is 0 Å². The molecule has 2 aromatic carbocycles. The second-order valence-corrected chi connectivity index (χ2v) is 4.65. The standard InChI is InChI=1S/C17H16N2O3/c1-12(20)18-16(11-13-5-3-2-4-6-13)17(22)19-14-7-9-15(21)10-8-14/h2-11,21H,1H3,(H,18,20)(H,19,22)/b16-11-. The van der Waals surface area contributed by atoms with Crippen molar-refractivity contribution < 1.29 is 14.7 Å². The summed E-state index contributed by atoms with van der Waals surface area (Å²) in [7, 11) is 0. The van der Waals surface area contributed by atoms with Crippen molar-refractivity contribution >= 4 is 23.6 Å². The average molecular weight is 296 g/mol. The topological polar surface area (TPSA) is 78.4 Å². The first-order valence-electron chi connectivity index (χ1n) is 6.69. The van der Waals surface area contributed by atoms with Gasteiger partial charge in [-0.3, -0.25) is 9.59 Å². The van der Waals surface area contributed by atoms with E-state index < -0.39 is 5.91 Å². The number of amides is 2. The SMILES string of the molecule is CC(=O)N/C(=C\c1ccccc1)C(=O)Nc1ccc(O)cc1. The summed E-state index contributed by atoms with van der Waals surface area (Å²) in [4.78, 5) is 23.6. The van der Waals surface area contributed by atoms with E-state index in [2.05, 4.69) is 10.6 Å². The van der Waals surface area contributed by atoms with Crippen LogP contribution in [0.2, 0.25) is 0 Å². The van der Waals surface area contributed by atoms with Crippen molar-refractivity contribution in [1.29, 1.82) is 0 Å². The van der Waals surface area contributed by atoms with Gasteiger partial charge < -0.3 is 15.7 Å². The number of carbonyl (C=O) groups is 2. The van der Waals surface area contributed by atoms with Crippen LogP contribution in [0.25, 0.3) is 6.08 Å². The lowest BCUT2D eigenvalue weighted by molar-refractivity contribution is -0.120. The number of phenolic OH excluding ortho intramolecular Hbond substituents is 1. The number of aromatic hydroxyl groups is 1. The van der Waals surface area contributed by atoms with Crippen LogP contribution in [-0.2, 0) is 9.59 Å². The van der Waals surface area contributed by atoms with Crippen LogP contribution in [0.1, 0.15) is 12.5 Å². The highest BCUT2D eigenvalue weighted by atomic mass is 16.3. The number of benzene rings is 2. The zero-order valence-electron chi connectivity index (χ0n) is 12.0. The minimum Gasteiger partial charge on any atom is -0.508 e. The molecule has 2 amide bonds. The van der Waals surface area contributed by atoms with Crippen molar-refractivity contribution in [2.75, 3.05) is 5.32 Å². The zero-order chi connectivity index (χ0) is 15.9. The number of carbonyl (C=O) groups excluding carboxylic acids is 2. The Morgan fingerprint density at radius 1 is 1.00 bits per heavy atom. The minimum atomic E-state index is -0.440. The van der Waals surface area contributed by atoms with E-state index in [1.54, 1.807) is 18.2 Å². The summed E-state index contributed by atoms with van der Waals surface area (Å²) in [6.45, 7) is 1.34. The molecule has 2 aromatic rings. The van der Waals surface area contributed by atoms with E-state index >= 15 is 0 Å². The summed E-state index contributed by atoms with van der Waals surface area (Å²) in [5.74, 6) is -0.660. The van der Waals surface area contributed by atoms with Gasteiger partial charge >= 0.3 is 0 Å². The lowest BCUT2D eigenvalue weighted by Crippen LogP contribution is -2.28. The van der Waals surface area contributed by atoms with E-state index in [4.69, 9.17) is 0 Å². The molecule has 22 heavy (non-hydrogen) atoms. The molecular weight excluding hydrogens is 280 g/mol. The highest BCUT2D eigenvalue weighted by Crippen LogP contribution is 2.15. The molecule has 0 saturated heterocycles. The Balaban J connectivity index is 2.21. The van der Waals surface area contributed by atoms with Gasteiger partial charge in [-0.15, -0.1) is 0 Å². The summed E-state index contributed by atoms with van der Waals surface area (Å²) >= 11 is 0. The number of hydrogen-bond acceptors (Lipinski definition) is 3. The summed E-state index contributed by atoms with van der Waals surface area (Å²) in [6, 6.07) is 15.3. The summed E-state index contributed by atoms with van der Waals surface area (Å²) < 4.78 is 0. The first-order valence-corrected chi connectivity index (χ1v) is 6.69. The van der Waals surface area contributed by atoms with Gasteiger partial charge in [0, 0.05) is 12.6 Å². The predicted octanol–water partition coefficient (Wildman–Crippen LogP) is 2.51. The van der Waals surface area contributed by atoms with Gasteiger partial charge in [0.15, 0.2) is 0 Å². The Morgan fingerprint density at radius 2 is 1.64 bits per heavy atom. The number of phenols is 1. The predicted molar refractivity (Wildman–Crippen MR) is 85.0 cm³/mol. The van der Waals surface area contributed by atoms with Crippen molar-refractivity contribution in [2.45, 2.75) is 6.92 Å². The van der Waals surface area contributed by atoms with Gasteiger partial charge in [-0.1, -0.05) is 30.3 Å². The molecule has 0 unspecified atom stereocenters. The number of anilines is 1. The third-order valence-corrected chi connectivity index (χ3v) is 2.79. The maximum absolute atomic E-state index is 12.3. The highest BCUT2D eigenvalue weighted by Gasteiger charge is 2.11. The van der Waals surface area contributed by atoms with Crippen molar-refractivity contribution in [3.05, 3.63) is 65.9 Å². The highest BCUT2D eigenvalue weighted by molar-refractivity contribution is 6.08. The van der Waals surface area contributed by atoms with Crippen molar-refractivity contribution in [3.63, 3.8) is 0 Å².